The molecule has 0 saturated carbocycles. The van der Waals surface area contributed by atoms with Crippen molar-refractivity contribution in [3.05, 3.63) is 298 Å². The molecule has 0 spiro atoms. The van der Waals surface area contributed by atoms with Crippen molar-refractivity contribution < 1.29 is 33.3 Å². The van der Waals surface area contributed by atoms with Gasteiger partial charge in [0.15, 0.2) is 29.8 Å². The molecule has 1 fully saturated rings. The largest absolute Gasteiger partial charge is 0.497 e. The van der Waals surface area contributed by atoms with E-state index in [2.05, 4.69) is 57.3 Å². The number of fused-ring (bicyclic) bond motifs is 1. The van der Waals surface area contributed by atoms with Gasteiger partial charge in [0.2, 0.25) is 5.60 Å². The van der Waals surface area contributed by atoms with Gasteiger partial charge in [-0.25, -0.2) is 14.3 Å². The first-order valence-electron chi connectivity index (χ1n) is 27.0. The predicted molar refractivity (Wildman–Crippen MR) is 322 cm³/mol. The molecule has 2 aliphatic rings. The second-order valence-corrected chi connectivity index (χ2v) is 21.9. The molecule has 0 unspecified atom stereocenters. The lowest BCUT2D eigenvalue weighted by Crippen LogP contribution is -2.71. The summed E-state index contributed by atoms with van der Waals surface area (Å²) in [4.78, 5) is 59.7. The summed E-state index contributed by atoms with van der Waals surface area (Å²) in [6.45, 7) is 0.185. The third-order valence-corrected chi connectivity index (χ3v) is 16.9. The summed E-state index contributed by atoms with van der Waals surface area (Å²) in [5.74, 6) is 4.84. The number of nitrogen functional groups attached to an aromatic ring is 1. The Morgan fingerprint density at radius 3 is 1.74 bits per heavy atom. The number of pyridine rings is 1. The lowest BCUT2D eigenvalue weighted by Gasteiger charge is -2.49. The number of oxime groups is 1. The fourth-order valence-corrected chi connectivity index (χ4v) is 12.8. The van der Waals surface area contributed by atoms with Gasteiger partial charge in [0.05, 0.1) is 13.3 Å². The van der Waals surface area contributed by atoms with Crippen LogP contribution in [0.15, 0.2) is 259 Å². The van der Waals surface area contributed by atoms with Crippen molar-refractivity contribution in [2.24, 2.45) is 5.16 Å². The van der Waals surface area contributed by atoms with Crippen LogP contribution in [0, 0.1) is 0 Å². The van der Waals surface area contributed by atoms with Crippen molar-refractivity contribution in [1.82, 2.24) is 30.3 Å². The van der Waals surface area contributed by atoms with Gasteiger partial charge in [-0.15, -0.1) is 28.2 Å². The molecule has 2 atom stereocenters. The lowest BCUT2D eigenvalue weighted by molar-refractivity contribution is -0.689. The summed E-state index contributed by atoms with van der Waals surface area (Å²) < 4.78 is 13.2. The van der Waals surface area contributed by atoms with E-state index in [1.807, 2.05) is 187 Å². The third-order valence-electron chi connectivity index (χ3n) is 14.8. The van der Waals surface area contributed by atoms with Gasteiger partial charge in [-0.1, -0.05) is 199 Å². The van der Waals surface area contributed by atoms with E-state index in [0.717, 1.165) is 49.3 Å². The molecule has 1 saturated heterocycles. The Morgan fingerprint density at radius 2 is 1.24 bits per heavy atom. The Bertz CT molecular complexity index is 3790. The molecule has 0 bridgehead atoms. The molecule has 18 heteroatoms. The van der Waals surface area contributed by atoms with Crippen LogP contribution in [0.4, 0.5) is 5.13 Å². The number of methoxy groups -OCH3 is 1. The highest BCUT2D eigenvalue weighted by Crippen LogP contribution is 2.44. The number of rotatable bonds is 20. The monoisotopic (exact) mass is 1150 g/mol. The zero-order valence-electron chi connectivity index (χ0n) is 45.3. The number of thioether (sulfide) groups is 1. The zero-order valence-corrected chi connectivity index (χ0v) is 47.0. The van der Waals surface area contributed by atoms with Crippen LogP contribution in [-0.2, 0) is 48.2 Å². The minimum Gasteiger partial charge on any atom is -0.497 e. The molecule has 16 nitrogen and oxygen atoms in total. The number of nitrogens with one attached hydrogen (secondary N) is 2. The van der Waals surface area contributed by atoms with E-state index in [-0.39, 0.29) is 30.3 Å². The molecule has 0 aliphatic carbocycles. The van der Waals surface area contributed by atoms with Gasteiger partial charge in [-0.3, -0.25) is 14.5 Å². The summed E-state index contributed by atoms with van der Waals surface area (Å²) in [6.07, 6.45) is 5.31. The van der Waals surface area contributed by atoms with E-state index >= 15 is 4.79 Å². The number of nitrogens with zero attached hydrogens (tertiary/aromatic N) is 7. The smallest absolute Gasteiger partial charge is 0.355 e. The zero-order chi connectivity index (χ0) is 57.5. The standard InChI is InChI=1S/C66H54N10O6S2/c1-80-54-34-32-45(33-35-54)42-81-63(79)59-47(40-74-38-36-46(37-39-74)55-41-75(67)73-71-55)43-83-62-58(61(78)76(59)62)69-60(77)57(72-82-66(51-26-14-5-15-27-51,52-28-16-6-17-29-52)53-30-18-7-19-31-53)56-44-84-64(68-56)70-65(48-20-8-2-9-21-48,49-22-10-3-11-23-49)50-24-12-4-13-25-50/h2-39,41,44,58,62H,40,42-43,67H2,1H3,(H-,68,69,70,77)/p+1/t58-,62+/m1/s1. The van der Waals surface area contributed by atoms with Crippen LogP contribution in [0.25, 0.3) is 11.3 Å². The minimum atomic E-state index is -1.39. The van der Waals surface area contributed by atoms with Crippen molar-refractivity contribution in [3.8, 4) is 17.0 Å². The van der Waals surface area contributed by atoms with Crippen molar-refractivity contribution in [2.45, 2.75) is 35.7 Å². The maximum Gasteiger partial charge on any atom is 0.355 e. The summed E-state index contributed by atoms with van der Waals surface area (Å²) in [7, 11) is 1.58. The summed E-state index contributed by atoms with van der Waals surface area (Å²) in [5, 5.41) is 21.3. The van der Waals surface area contributed by atoms with Gasteiger partial charge >= 0.3 is 5.97 Å². The van der Waals surface area contributed by atoms with Crippen molar-refractivity contribution in [3.63, 3.8) is 0 Å². The van der Waals surface area contributed by atoms with Gasteiger partial charge in [0.25, 0.3) is 11.8 Å². The lowest BCUT2D eigenvalue weighted by atomic mass is 9.77. The van der Waals surface area contributed by atoms with Gasteiger partial charge in [-0.05, 0) is 39.6 Å². The average molecular weight is 1150 g/mol. The molecule has 2 amide bonds. The number of benzene rings is 7. The number of hydrogen-bond donors (Lipinski definition) is 3. The van der Waals surface area contributed by atoms with Gasteiger partial charge in [0, 0.05) is 51.1 Å². The number of ether oxygens (including phenoxy) is 2. The van der Waals surface area contributed by atoms with Crippen LogP contribution >= 0.6 is 23.1 Å². The van der Waals surface area contributed by atoms with E-state index < -0.39 is 40.3 Å². The fraction of sp³-hybridized carbons (Fsp3) is 0.121. The highest BCUT2D eigenvalue weighted by atomic mass is 32.2. The van der Waals surface area contributed by atoms with Crippen molar-refractivity contribution >= 4 is 51.7 Å². The highest BCUT2D eigenvalue weighted by molar-refractivity contribution is 8.00. The molecule has 84 heavy (non-hydrogen) atoms. The van der Waals surface area contributed by atoms with E-state index in [1.54, 1.807) is 30.8 Å². The van der Waals surface area contributed by atoms with Crippen LogP contribution in [0.3, 0.4) is 0 Å². The first kappa shape index (κ1) is 54.4. The van der Waals surface area contributed by atoms with E-state index in [0.29, 0.717) is 27.9 Å². The molecule has 416 valence electrons. The maximum absolute atomic E-state index is 15.5. The normalized spacial score (nSPS) is 15.1. The number of β-lactam (4-membered cyclic amide) rings is 1. The Morgan fingerprint density at radius 1 is 0.714 bits per heavy atom. The Labute approximate surface area is 492 Å². The molecule has 10 aromatic rings. The number of carbonyl (C=O) groups excluding carboxylic acids is 3. The van der Waals surface area contributed by atoms with Crippen LogP contribution < -0.4 is 25.8 Å². The van der Waals surface area contributed by atoms with Crippen LogP contribution in [0.1, 0.15) is 44.6 Å². The van der Waals surface area contributed by atoms with Gasteiger partial charge in [0.1, 0.15) is 46.4 Å². The minimum absolute atomic E-state index is 0.0623. The fourth-order valence-electron chi connectivity index (χ4n) is 10.7. The Kier molecular flexibility index (Phi) is 15.6. The van der Waals surface area contributed by atoms with E-state index in [1.165, 1.54) is 28.0 Å². The second kappa shape index (κ2) is 24.1. The summed E-state index contributed by atoms with van der Waals surface area (Å²) >= 11 is 2.73. The first-order chi connectivity index (χ1) is 41.2. The quantitative estimate of drug-likeness (QED) is 0.0125. The molecule has 5 heterocycles. The topological polar surface area (TPSA) is 192 Å². The molecular weight excluding hydrogens is 1090 g/mol. The van der Waals surface area contributed by atoms with Crippen LogP contribution in [0.5, 0.6) is 5.75 Å². The highest BCUT2D eigenvalue weighted by Gasteiger charge is 2.55. The molecule has 0 radical (unpaired) electrons. The second-order valence-electron chi connectivity index (χ2n) is 19.9. The number of amides is 2. The average Bonchev–Trinajstić information content (AvgIpc) is 3.51. The maximum atomic E-state index is 15.5. The number of carbonyl (C=O) groups is 3. The summed E-state index contributed by atoms with van der Waals surface area (Å²) in [5.41, 5.74) is 5.63. The van der Waals surface area contributed by atoms with Crippen LogP contribution in [-0.4, -0.2) is 72.8 Å². The Balaban J connectivity index is 0.917. The SMILES string of the molecule is COc1ccc(COC(=O)C2=C(C[n+]3ccc(-c4cn(N)nn4)cc3)CS[C@H]3[C@H](NC(=O)C(=NOC(c4ccccc4)(c4ccccc4)c4ccccc4)c4csc(NC(c5ccccc5)(c5ccccc5)c5ccccc5)n4)C(=O)N23)cc1. The molecule has 4 N–H and O–H groups in total. The summed E-state index contributed by atoms with van der Waals surface area (Å²) in [6, 6.07) is 69.4. The van der Waals surface area contributed by atoms with Crippen molar-refractivity contribution in [2.75, 3.05) is 24.0 Å². The number of nitrogens with two attached hydrogens (primary N) is 1. The third kappa shape index (κ3) is 10.8. The van der Waals surface area contributed by atoms with E-state index in [9.17, 15) is 9.59 Å². The molecule has 2 aliphatic heterocycles. The predicted octanol–water partition coefficient (Wildman–Crippen LogP) is 9.63. The Hall–Kier alpha value is -10.2. The van der Waals surface area contributed by atoms with E-state index in [4.69, 9.17) is 30.3 Å². The van der Waals surface area contributed by atoms with Gasteiger partial charge < -0.3 is 30.8 Å². The molecule has 3 aromatic heterocycles. The first-order valence-corrected chi connectivity index (χ1v) is 28.9. The molecular formula is C66H55N10O6S2+. The number of thiazole rings is 1. The van der Waals surface area contributed by atoms with Gasteiger partial charge in [-0.2, -0.15) is 4.79 Å². The molecule has 12 rings (SSSR count). The number of esters is 1. The number of anilines is 1. The number of hydrogen-bond acceptors (Lipinski definition) is 14. The number of aromatic nitrogens is 5. The van der Waals surface area contributed by atoms with Crippen molar-refractivity contribution in [1.29, 1.82) is 0 Å². The molecule has 7 aromatic carbocycles. The van der Waals surface area contributed by atoms with Crippen LogP contribution in [0.2, 0.25) is 0 Å².